The molecule has 0 bridgehead atoms. The minimum Gasteiger partial charge on any atom is -0.507 e. The van der Waals surface area contributed by atoms with Crippen molar-refractivity contribution in [2.75, 3.05) is 56.1 Å². The van der Waals surface area contributed by atoms with Crippen molar-refractivity contribution in [3.8, 4) is 29.4 Å². The number of likely N-dealkylation sites (tertiary alicyclic amines) is 3. The van der Waals surface area contributed by atoms with Gasteiger partial charge in [0.25, 0.3) is 0 Å². The van der Waals surface area contributed by atoms with Crippen LogP contribution in [0.1, 0.15) is 106 Å². The van der Waals surface area contributed by atoms with E-state index in [0.29, 0.717) is 54.6 Å². The zero-order valence-electron chi connectivity index (χ0n) is 40.0. The van der Waals surface area contributed by atoms with Gasteiger partial charge < -0.3 is 50.9 Å². The van der Waals surface area contributed by atoms with Crippen LogP contribution in [0.4, 0.5) is 16.6 Å². The molecular weight excluding hydrogens is 875 g/mol. The molecule has 5 aliphatic heterocycles. The van der Waals surface area contributed by atoms with Gasteiger partial charge in [0.2, 0.25) is 17.8 Å². The number of aromatic hydroxyl groups is 1. The molecule has 364 valence electrons. The summed E-state index contributed by atoms with van der Waals surface area (Å²) in [6.45, 7) is 11.1. The van der Waals surface area contributed by atoms with Crippen LogP contribution in [0.5, 0.6) is 5.75 Å². The molecule has 0 saturated carbocycles. The number of benzene rings is 2. The van der Waals surface area contributed by atoms with Gasteiger partial charge in [-0.15, -0.1) is 16.6 Å². The van der Waals surface area contributed by atoms with Gasteiger partial charge >= 0.3 is 6.03 Å². The Labute approximate surface area is 404 Å². The van der Waals surface area contributed by atoms with E-state index in [1.165, 1.54) is 4.90 Å². The highest BCUT2D eigenvalue weighted by Gasteiger charge is 2.47. The summed E-state index contributed by atoms with van der Waals surface area (Å²) in [7, 11) is 0. The molecule has 4 saturated heterocycles. The number of terminal acetylenes is 1. The molecule has 4 fully saturated rings. The van der Waals surface area contributed by atoms with Gasteiger partial charge in [-0.1, -0.05) is 51.0 Å². The van der Waals surface area contributed by atoms with Gasteiger partial charge in [0.05, 0.1) is 30.5 Å². The second-order valence-electron chi connectivity index (χ2n) is 20.5. The van der Waals surface area contributed by atoms with E-state index < -0.39 is 23.6 Å². The van der Waals surface area contributed by atoms with E-state index in [4.69, 9.17) is 16.4 Å². The molecule has 0 radical (unpaired) electrons. The Morgan fingerprint density at radius 2 is 1.64 bits per heavy atom. The van der Waals surface area contributed by atoms with Crippen LogP contribution < -0.4 is 20.9 Å². The largest absolute Gasteiger partial charge is 0.507 e. The number of aromatic nitrogens is 4. The van der Waals surface area contributed by atoms with E-state index in [-0.39, 0.29) is 67.2 Å². The molecule has 2 aromatic heterocycles. The quantitative estimate of drug-likeness (QED) is 0.122. The highest BCUT2D eigenvalue weighted by atomic mass is 16.3. The van der Waals surface area contributed by atoms with Crippen LogP contribution in [0.3, 0.4) is 0 Å². The van der Waals surface area contributed by atoms with Crippen molar-refractivity contribution in [3.63, 3.8) is 0 Å². The number of fused-ring (bicyclic) bond motifs is 3. The smallest absolute Gasteiger partial charge is 0.318 e. The van der Waals surface area contributed by atoms with Crippen molar-refractivity contribution in [3.05, 3.63) is 89.2 Å². The molecular formula is C52H65N11O6. The van der Waals surface area contributed by atoms with E-state index in [0.717, 1.165) is 67.4 Å². The summed E-state index contributed by atoms with van der Waals surface area (Å²) in [5.74, 6) is 3.53. The normalized spacial score (nSPS) is 24.1. The van der Waals surface area contributed by atoms with Crippen molar-refractivity contribution in [2.45, 2.75) is 120 Å². The Hall–Kier alpha value is -6.35. The van der Waals surface area contributed by atoms with Crippen molar-refractivity contribution in [2.24, 2.45) is 5.41 Å². The van der Waals surface area contributed by atoms with Gasteiger partial charge in [0.1, 0.15) is 17.8 Å². The number of phenols is 1. The number of β-amino-alcohol motifs (C(OH)–C–C–N with tert-alkyl or cyclic N) is 1. The van der Waals surface area contributed by atoms with Gasteiger partial charge in [-0.25, -0.2) is 14.8 Å². The Morgan fingerprint density at radius 3 is 2.30 bits per heavy atom. The van der Waals surface area contributed by atoms with Gasteiger partial charge in [-0.2, -0.15) is 0 Å². The average molecular weight is 940 g/mol. The molecule has 69 heavy (non-hydrogen) atoms. The van der Waals surface area contributed by atoms with Crippen molar-refractivity contribution >= 4 is 29.6 Å². The van der Waals surface area contributed by atoms with Gasteiger partial charge in [0.15, 0.2) is 5.82 Å². The molecule has 4 aromatic rings. The number of urea groups is 1. The van der Waals surface area contributed by atoms with Crippen molar-refractivity contribution in [1.29, 1.82) is 0 Å². The number of hydrogen-bond donors (Lipinski definition) is 6. The van der Waals surface area contributed by atoms with E-state index >= 15 is 0 Å². The van der Waals surface area contributed by atoms with E-state index in [9.17, 15) is 29.7 Å². The predicted octanol–water partition coefficient (Wildman–Crippen LogP) is 4.38. The number of amides is 4. The molecule has 2 aromatic carbocycles. The molecule has 7 heterocycles. The topological polar surface area (TPSA) is 213 Å². The van der Waals surface area contributed by atoms with Crippen molar-refractivity contribution < 1.29 is 29.7 Å². The second-order valence-corrected chi connectivity index (χ2v) is 20.5. The summed E-state index contributed by atoms with van der Waals surface area (Å²) in [6, 6.07) is 14.1. The number of piperidine rings is 3. The minimum atomic E-state index is -0.916. The molecule has 0 spiro atoms. The molecule has 4 amide bonds. The first-order valence-corrected chi connectivity index (χ1v) is 24.5. The van der Waals surface area contributed by atoms with Gasteiger partial charge in [0, 0.05) is 79.7 Å². The number of para-hydroxylation sites is 1. The number of carbonyl (C=O) groups excluding carboxylic acids is 3. The maximum Gasteiger partial charge on any atom is 0.318 e. The summed E-state index contributed by atoms with van der Waals surface area (Å²) >= 11 is 0. The maximum atomic E-state index is 14.3. The zero-order chi connectivity index (χ0) is 48.6. The SMILES string of the molecule is C#Cc1ccc([C@H](C)NC(=O)[C@@H]2C[C@@H](O)CN2C(=O)[C@@H](NC(=O)N2CCC(N3CCC(c4cnc(N5CCC6Nc7nnc(-c8ccccc8O)cc7C6[C@H]5CO)nc4)CC3)CC2)C(C)(C)C)cc1. The lowest BCUT2D eigenvalue weighted by molar-refractivity contribution is -0.142. The third-order valence-corrected chi connectivity index (χ3v) is 15.2. The number of rotatable bonds is 10. The highest BCUT2D eigenvalue weighted by Crippen LogP contribution is 2.45. The van der Waals surface area contributed by atoms with Crippen LogP contribution in [0.15, 0.2) is 67.0 Å². The number of nitrogens with zero attached hydrogens (tertiary/aromatic N) is 8. The first kappa shape index (κ1) is 47.7. The standard InChI is InChI=1S/C52H65N11O6/c1-6-32-11-13-33(14-12-32)31(2)55-48(67)42-25-37(65)29-63(42)49(68)46(52(3,4)5)57-51(69)61-22-17-36(18-23-61)60-20-15-34(16-21-60)35-27-53-50(54-28-35)62-24-19-40-45(43(62)30-64)39-26-41(58-59-47(39)56-40)38-9-7-8-10-44(38)66/h1,7-14,26-28,31,34,36-37,40,42-43,45-46,64-66H,15-25,29-30H2,2-5H3,(H,55,67)(H,56,59)(H,57,69)/t31-,37+,40?,42-,43+,45?,46+/m0/s1. The molecule has 6 N–H and O–H groups in total. The number of anilines is 2. The van der Waals surface area contributed by atoms with E-state index in [1.807, 2.05) is 82.6 Å². The van der Waals surface area contributed by atoms with Crippen LogP contribution >= 0.6 is 0 Å². The fraction of sp³-hybridized carbons (Fsp3) is 0.519. The number of hydrogen-bond acceptors (Lipinski definition) is 13. The van der Waals surface area contributed by atoms with Gasteiger partial charge in [-0.3, -0.25) is 9.59 Å². The third kappa shape index (κ3) is 9.93. The molecule has 2 unspecified atom stereocenters. The molecule has 17 nitrogen and oxygen atoms in total. The number of phenolic OH excluding ortho intramolecular Hbond substituents is 1. The van der Waals surface area contributed by atoms with Crippen molar-refractivity contribution in [1.82, 2.24) is 45.5 Å². The number of carbonyl (C=O) groups is 3. The summed E-state index contributed by atoms with van der Waals surface area (Å²) in [5, 5.41) is 50.4. The fourth-order valence-electron chi connectivity index (χ4n) is 11.2. The number of nitrogens with one attached hydrogen (secondary N) is 3. The summed E-state index contributed by atoms with van der Waals surface area (Å²) in [4.78, 5) is 59.4. The maximum absolute atomic E-state index is 14.3. The monoisotopic (exact) mass is 940 g/mol. The first-order chi connectivity index (χ1) is 33.2. The molecule has 0 aliphatic carbocycles. The fourth-order valence-corrected chi connectivity index (χ4v) is 11.2. The lowest BCUT2D eigenvalue weighted by atomic mass is 9.82. The summed E-state index contributed by atoms with van der Waals surface area (Å²) in [6.07, 6.45) is 13.0. The molecule has 7 atom stereocenters. The lowest BCUT2D eigenvalue weighted by Crippen LogP contribution is -2.60. The molecule has 5 aliphatic rings. The van der Waals surface area contributed by atoms with E-state index in [2.05, 4.69) is 41.9 Å². The Morgan fingerprint density at radius 1 is 0.928 bits per heavy atom. The summed E-state index contributed by atoms with van der Waals surface area (Å²) in [5.41, 5.74) is 4.19. The lowest BCUT2D eigenvalue weighted by Gasteiger charge is -2.43. The van der Waals surface area contributed by atoms with Crippen LogP contribution in [-0.4, -0.2) is 150 Å². The first-order valence-electron chi connectivity index (χ1n) is 24.5. The highest BCUT2D eigenvalue weighted by molar-refractivity contribution is 5.93. The van der Waals surface area contributed by atoms with Gasteiger partial charge in [-0.05, 0) is 105 Å². The summed E-state index contributed by atoms with van der Waals surface area (Å²) < 4.78 is 0. The second kappa shape index (κ2) is 19.9. The third-order valence-electron chi connectivity index (χ3n) is 15.2. The Bertz CT molecular complexity index is 2530. The van der Waals surface area contributed by atoms with E-state index in [1.54, 1.807) is 17.0 Å². The van der Waals surface area contributed by atoms with Crippen LogP contribution in [-0.2, 0) is 9.59 Å². The average Bonchev–Trinajstić information content (AvgIpc) is 3.95. The molecule has 17 heteroatoms. The molecule has 9 rings (SSSR count). The van der Waals surface area contributed by atoms with Crippen LogP contribution in [0, 0.1) is 17.8 Å². The minimum absolute atomic E-state index is 0.00501. The Kier molecular flexibility index (Phi) is 13.8. The predicted molar refractivity (Wildman–Crippen MR) is 261 cm³/mol. The van der Waals surface area contributed by atoms with Crippen LogP contribution in [0.2, 0.25) is 0 Å². The Balaban J connectivity index is 0.762. The van der Waals surface area contributed by atoms with Crippen LogP contribution in [0.25, 0.3) is 11.3 Å². The zero-order valence-corrected chi connectivity index (χ0v) is 40.0. The number of aliphatic hydroxyl groups excluding tert-OH is 2. The number of aliphatic hydroxyl groups is 2.